The highest BCUT2D eigenvalue weighted by Crippen LogP contribution is 2.26. The maximum atomic E-state index is 14.1. The normalized spacial score (nSPS) is 13.9. The minimum atomic E-state index is -1.91. The molecule has 5 amide bonds. The van der Waals surface area contributed by atoms with Gasteiger partial charge in [0.2, 0.25) is 27.4 Å². The van der Waals surface area contributed by atoms with E-state index < -0.39 is 93.5 Å². The second-order valence-corrected chi connectivity index (χ2v) is 25.2. The molecule has 0 saturated heterocycles. The first-order valence-corrected chi connectivity index (χ1v) is 28.8. The number of ether oxygens (including phenoxy) is 5. The van der Waals surface area contributed by atoms with E-state index in [1.807, 2.05) is 0 Å². The number of rotatable bonds is 41. The molecule has 6 N–H and O–H groups in total. The first-order valence-electron chi connectivity index (χ1n) is 26.5. The van der Waals surface area contributed by atoms with Crippen LogP contribution in [-0.2, 0) is 47.7 Å². The molecule has 422 valence electrons. The molecule has 4 atom stereocenters. The molecular formula is C52H96Cl3N5O11S. The summed E-state index contributed by atoms with van der Waals surface area (Å²) in [6.07, 6.45) is 24.7. The molecule has 0 fully saturated rings. The van der Waals surface area contributed by atoms with E-state index in [1.165, 1.54) is 127 Å². The average Bonchev–Trinajstić information content (AvgIpc) is 3.25. The topological polar surface area (TPSA) is 223 Å². The summed E-state index contributed by atoms with van der Waals surface area (Å²) in [5, 5.41) is 10.2. The third-order valence-electron chi connectivity index (χ3n) is 10.8. The Kier molecular flexibility index (Phi) is 37.9. The summed E-state index contributed by atoms with van der Waals surface area (Å²) in [6, 6.07) is -5.61. The highest BCUT2D eigenvalue weighted by atomic mass is 35.6. The number of hydrogen-bond acceptors (Lipinski definition) is 12. The fourth-order valence-corrected chi connectivity index (χ4v) is 8.05. The van der Waals surface area contributed by atoms with Crippen molar-refractivity contribution in [3.8, 4) is 0 Å². The van der Waals surface area contributed by atoms with Crippen LogP contribution in [0.2, 0.25) is 0 Å². The molecule has 0 heterocycles. The summed E-state index contributed by atoms with van der Waals surface area (Å²) in [4.78, 5) is 79.6. The van der Waals surface area contributed by atoms with Crippen LogP contribution in [-0.4, -0.2) is 125 Å². The van der Waals surface area contributed by atoms with Crippen molar-refractivity contribution in [1.82, 2.24) is 21.3 Å². The van der Waals surface area contributed by atoms with Crippen molar-refractivity contribution in [1.29, 1.82) is 0 Å². The van der Waals surface area contributed by atoms with E-state index in [9.17, 15) is 28.8 Å². The van der Waals surface area contributed by atoms with Crippen molar-refractivity contribution in [2.45, 2.75) is 249 Å². The van der Waals surface area contributed by atoms with Gasteiger partial charge < -0.3 is 50.7 Å². The molecule has 0 aromatic rings. The second kappa shape index (κ2) is 39.2. The standard InChI is InChI=1S/C52H96Cl3N5O11S/c1-11-12-13-14-15-16-17-18-19-20-21-22-23-24-25-26-27-28-29-30-31-67-32-33-72-37-42(60-48(66)68-38-52(53,54)55)46(64)59-41(36-70-50(5,6)7)45(63)58-40(35-69-49(2,3)4)44(62)57-39(34-43(56)61)47(65)71-51(8,9)10/h39-42H,11-38H2,1-10H3,(H2,56,61)(H,57,62)(H,58,63)(H,59,64)(H,60,66)/t39-,40-,41-,42-/m0/s1. The number of amides is 5. The van der Waals surface area contributed by atoms with Crippen LogP contribution in [0.4, 0.5) is 4.79 Å². The summed E-state index contributed by atoms with van der Waals surface area (Å²) < 4.78 is 26.2. The first-order chi connectivity index (χ1) is 33.6. The Balaban J connectivity index is 5.36. The van der Waals surface area contributed by atoms with Gasteiger partial charge in [-0.3, -0.25) is 19.2 Å². The largest absolute Gasteiger partial charge is 0.458 e. The number of alkyl halides is 3. The summed E-state index contributed by atoms with van der Waals surface area (Å²) in [7, 11) is 0. The lowest BCUT2D eigenvalue weighted by Crippen LogP contribution is -2.61. The summed E-state index contributed by atoms with van der Waals surface area (Å²) >= 11 is 18.7. The van der Waals surface area contributed by atoms with E-state index in [4.69, 9.17) is 64.2 Å². The number of halogens is 3. The molecule has 0 aliphatic carbocycles. The number of nitrogens with two attached hydrogens (primary N) is 1. The fourth-order valence-electron chi connectivity index (χ4n) is 7.01. The van der Waals surface area contributed by atoms with E-state index in [-0.39, 0.29) is 19.0 Å². The maximum Gasteiger partial charge on any atom is 0.407 e. The van der Waals surface area contributed by atoms with Crippen LogP contribution < -0.4 is 27.0 Å². The Labute approximate surface area is 452 Å². The molecule has 0 radical (unpaired) electrons. The smallest absolute Gasteiger partial charge is 0.407 e. The molecule has 0 aliphatic rings. The highest BCUT2D eigenvalue weighted by molar-refractivity contribution is 7.99. The van der Waals surface area contributed by atoms with E-state index in [0.717, 1.165) is 12.8 Å². The average molecular weight is 1110 g/mol. The monoisotopic (exact) mass is 1100 g/mol. The molecule has 0 unspecified atom stereocenters. The van der Waals surface area contributed by atoms with Crippen LogP contribution in [0, 0.1) is 0 Å². The Morgan fingerprint density at radius 3 is 1.28 bits per heavy atom. The van der Waals surface area contributed by atoms with Gasteiger partial charge in [0.25, 0.3) is 0 Å². The first kappa shape index (κ1) is 69.7. The highest BCUT2D eigenvalue weighted by Gasteiger charge is 2.35. The zero-order valence-corrected chi connectivity index (χ0v) is 48.8. The number of carbonyl (C=O) groups is 6. The Morgan fingerprint density at radius 2 is 0.903 bits per heavy atom. The molecule has 0 aliphatic heterocycles. The summed E-state index contributed by atoms with van der Waals surface area (Å²) in [5.74, 6) is -3.80. The molecule has 0 aromatic carbocycles. The molecule has 0 rings (SSSR count). The molecular weight excluding hydrogens is 1010 g/mol. The summed E-state index contributed by atoms with van der Waals surface area (Å²) in [6.45, 7) is 17.3. The van der Waals surface area contributed by atoms with Gasteiger partial charge in [-0.05, 0) is 68.7 Å². The second-order valence-electron chi connectivity index (χ2n) is 21.5. The molecule has 0 spiro atoms. The van der Waals surface area contributed by atoms with Gasteiger partial charge in [-0.2, -0.15) is 11.8 Å². The van der Waals surface area contributed by atoms with Crippen LogP contribution >= 0.6 is 46.6 Å². The Bertz CT molecular complexity index is 1520. The van der Waals surface area contributed by atoms with Crippen molar-refractivity contribution < 1.29 is 52.5 Å². The molecule has 72 heavy (non-hydrogen) atoms. The van der Waals surface area contributed by atoms with Gasteiger partial charge in [0, 0.05) is 18.1 Å². The van der Waals surface area contributed by atoms with Crippen LogP contribution in [0.5, 0.6) is 0 Å². The Hall–Kier alpha value is -2.28. The van der Waals surface area contributed by atoms with E-state index in [1.54, 1.807) is 62.3 Å². The van der Waals surface area contributed by atoms with Crippen LogP contribution in [0.1, 0.15) is 204 Å². The molecule has 0 aromatic heterocycles. The number of alkyl carbamates (subject to hydrolysis) is 1. The zero-order chi connectivity index (χ0) is 54.6. The van der Waals surface area contributed by atoms with Crippen molar-refractivity contribution in [2.24, 2.45) is 5.73 Å². The minimum absolute atomic E-state index is 0.0439. The van der Waals surface area contributed by atoms with Gasteiger partial charge in [-0.25, -0.2) is 9.59 Å². The van der Waals surface area contributed by atoms with Crippen molar-refractivity contribution in [3.05, 3.63) is 0 Å². The number of hydrogen-bond donors (Lipinski definition) is 5. The van der Waals surface area contributed by atoms with Gasteiger partial charge >= 0.3 is 12.1 Å². The number of carbonyl (C=O) groups excluding carboxylic acids is 6. The van der Waals surface area contributed by atoms with Gasteiger partial charge in [-0.1, -0.05) is 164 Å². The van der Waals surface area contributed by atoms with Crippen LogP contribution in [0.25, 0.3) is 0 Å². The van der Waals surface area contributed by atoms with Gasteiger partial charge in [-0.15, -0.1) is 0 Å². The van der Waals surface area contributed by atoms with Crippen molar-refractivity contribution in [3.63, 3.8) is 0 Å². The van der Waals surface area contributed by atoms with Crippen LogP contribution in [0.3, 0.4) is 0 Å². The number of primary amides is 1. The van der Waals surface area contributed by atoms with Gasteiger partial charge in [0.05, 0.1) is 37.4 Å². The number of unbranched alkanes of at least 4 members (excludes halogenated alkanes) is 19. The Morgan fingerprint density at radius 1 is 0.514 bits per heavy atom. The molecule has 20 heteroatoms. The van der Waals surface area contributed by atoms with E-state index >= 15 is 0 Å². The zero-order valence-electron chi connectivity index (χ0n) is 45.7. The maximum absolute atomic E-state index is 14.1. The molecule has 0 bridgehead atoms. The lowest BCUT2D eigenvalue weighted by atomic mass is 10.0. The van der Waals surface area contributed by atoms with E-state index in [0.29, 0.717) is 19.0 Å². The third kappa shape index (κ3) is 43.0. The fraction of sp³-hybridized carbons (Fsp3) is 0.885. The van der Waals surface area contributed by atoms with E-state index in [2.05, 4.69) is 28.2 Å². The van der Waals surface area contributed by atoms with Crippen molar-refractivity contribution in [2.75, 3.05) is 44.5 Å². The predicted molar refractivity (Wildman–Crippen MR) is 292 cm³/mol. The lowest BCUT2D eigenvalue weighted by molar-refractivity contribution is -0.160. The number of esters is 1. The molecule has 0 saturated carbocycles. The SMILES string of the molecule is CCCCCCCCCCCCCCCCCCCCCCOCCSC[C@H](NC(=O)OCC(Cl)(Cl)Cl)C(=O)N[C@@H](COC(C)(C)C)C(=O)N[C@@H](COC(C)(C)C)C(=O)N[C@@H](CC(N)=O)C(=O)OC(C)(C)C. The molecule has 16 nitrogen and oxygen atoms in total. The minimum Gasteiger partial charge on any atom is -0.458 e. The van der Waals surface area contributed by atoms with Crippen LogP contribution in [0.15, 0.2) is 0 Å². The predicted octanol–water partition coefficient (Wildman–Crippen LogP) is 10.3. The number of nitrogens with one attached hydrogen (secondary N) is 4. The van der Waals surface area contributed by atoms with Gasteiger partial charge in [0.1, 0.15) is 36.4 Å². The van der Waals surface area contributed by atoms with Gasteiger partial charge in [0.15, 0.2) is 0 Å². The number of thioether (sulfide) groups is 1. The third-order valence-corrected chi connectivity index (χ3v) is 12.2. The van der Waals surface area contributed by atoms with Crippen molar-refractivity contribution >= 4 is 82.3 Å². The summed E-state index contributed by atoms with van der Waals surface area (Å²) in [5.41, 5.74) is 2.89. The lowest BCUT2D eigenvalue weighted by Gasteiger charge is -2.30. The quantitative estimate of drug-likeness (QED) is 0.0219.